The Labute approximate surface area is 146 Å². The van der Waals surface area contributed by atoms with E-state index in [4.69, 9.17) is 4.42 Å². The summed E-state index contributed by atoms with van der Waals surface area (Å²) in [5, 5.41) is 4.75. The summed E-state index contributed by atoms with van der Waals surface area (Å²) in [5.74, 6) is -2.50. The van der Waals surface area contributed by atoms with E-state index >= 15 is 0 Å². The van der Waals surface area contributed by atoms with Gasteiger partial charge in [-0.25, -0.2) is 8.78 Å². The zero-order valence-corrected chi connectivity index (χ0v) is 13.3. The van der Waals surface area contributed by atoms with Gasteiger partial charge in [-0.05, 0) is 30.3 Å². The maximum absolute atomic E-state index is 13.6. The molecule has 0 aliphatic carbocycles. The van der Waals surface area contributed by atoms with Gasteiger partial charge >= 0.3 is 0 Å². The summed E-state index contributed by atoms with van der Waals surface area (Å²) in [6.45, 7) is 0.169. The number of rotatable bonds is 5. The largest absolute Gasteiger partial charge is 0.467 e. The lowest BCUT2D eigenvalue weighted by Gasteiger charge is -2.08. The van der Waals surface area contributed by atoms with Gasteiger partial charge in [-0.1, -0.05) is 6.07 Å². The molecule has 0 saturated carbocycles. The molecule has 0 bridgehead atoms. The van der Waals surface area contributed by atoms with E-state index in [0.717, 1.165) is 12.1 Å². The molecule has 3 aromatic rings. The van der Waals surface area contributed by atoms with Crippen molar-refractivity contribution < 1.29 is 22.8 Å². The van der Waals surface area contributed by atoms with Crippen molar-refractivity contribution in [2.24, 2.45) is 0 Å². The molecule has 0 spiro atoms. The number of para-hydroxylation sites is 1. The standard InChI is InChI=1S/C18H13F2N3O3/c19-14-4-1-5-15(20)16(14)23-18(25)12-7-11(8-21-9-12)17(24)22-10-13-3-2-6-26-13/h1-9H,10H2,(H,22,24)(H,23,25). The summed E-state index contributed by atoms with van der Waals surface area (Å²) >= 11 is 0. The Morgan fingerprint density at radius 2 is 1.69 bits per heavy atom. The number of carbonyl (C=O) groups is 2. The minimum absolute atomic E-state index is 0.0155. The van der Waals surface area contributed by atoms with E-state index in [9.17, 15) is 18.4 Å². The SMILES string of the molecule is O=C(NCc1ccco1)c1cncc(C(=O)Nc2c(F)cccc2F)c1. The molecular weight excluding hydrogens is 344 g/mol. The predicted molar refractivity (Wildman–Crippen MR) is 88.4 cm³/mol. The molecule has 2 N–H and O–H groups in total. The van der Waals surface area contributed by atoms with Crippen LogP contribution in [-0.2, 0) is 6.54 Å². The van der Waals surface area contributed by atoms with E-state index in [1.54, 1.807) is 12.1 Å². The van der Waals surface area contributed by atoms with Crippen LogP contribution in [-0.4, -0.2) is 16.8 Å². The normalized spacial score (nSPS) is 10.4. The Hall–Kier alpha value is -3.55. The van der Waals surface area contributed by atoms with E-state index in [-0.39, 0.29) is 17.7 Å². The average Bonchev–Trinajstić information content (AvgIpc) is 3.16. The van der Waals surface area contributed by atoms with Gasteiger partial charge in [0.25, 0.3) is 11.8 Å². The lowest BCUT2D eigenvalue weighted by Crippen LogP contribution is -2.23. The van der Waals surface area contributed by atoms with Crippen LogP contribution in [0.2, 0.25) is 0 Å². The first-order valence-corrected chi connectivity index (χ1v) is 7.55. The molecule has 0 fully saturated rings. The Morgan fingerprint density at radius 1 is 1.00 bits per heavy atom. The maximum Gasteiger partial charge on any atom is 0.257 e. The van der Waals surface area contributed by atoms with Gasteiger partial charge in [0.1, 0.15) is 23.1 Å². The highest BCUT2D eigenvalue weighted by Crippen LogP contribution is 2.19. The van der Waals surface area contributed by atoms with Crippen LogP contribution in [0.5, 0.6) is 0 Å². The van der Waals surface area contributed by atoms with Crippen LogP contribution in [0, 0.1) is 11.6 Å². The quantitative estimate of drug-likeness (QED) is 0.735. The van der Waals surface area contributed by atoms with Crippen molar-refractivity contribution >= 4 is 17.5 Å². The van der Waals surface area contributed by atoms with Crippen molar-refractivity contribution in [3.63, 3.8) is 0 Å². The van der Waals surface area contributed by atoms with Crippen LogP contribution in [0.4, 0.5) is 14.5 Å². The topological polar surface area (TPSA) is 84.2 Å². The van der Waals surface area contributed by atoms with Gasteiger partial charge in [0, 0.05) is 12.4 Å². The molecule has 3 rings (SSSR count). The van der Waals surface area contributed by atoms with Gasteiger partial charge in [0.2, 0.25) is 0 Å². The Kier molecular flexibility index (Phi) is 5.02. The third-order valence-corrected chi connectivity index (χ3v) is 3.47. The molecule has 132 valence electrons. The van der Waals surface area contributed by atoms with E-state index in [0.29, 0.717) is 5.76 Å². The molecule has 0 aliphatic heterocycles. The summed E-state index contributed by atoms with van der Waals surface area (Å²) in [5.41, 5.74) is -0.457. The zero-order chi connectivity index (χ0) is 18.5. The van der Waals surface area contributed by atoms with Crippen LogP contribution >= 0.6 is 0 Å². The number of nitrogens with zero attached hydrogens (tertiary/aromatic N) is 1. The summed E-state index contributed by atoms with van der Waals surface area (Å²) in [4.78, 5) is 28.2. The highest BCUT2D eigenvalue weighted by Gasteiger charge is 2.15. The minimum atomic E-state index is -0.904. The van der Waals surface area contributed by atoms with E-state index in [1.165, 1.54) is 30.8 Å². The van der Waals surface area contributed by atoms with Crippen LogP contribution < -0.4 is 10.6 Å². The fourth-order valence-electron chi connectivity index (χ4n) is 2.17. The number of carbonyl (C=O) groups excluding carboxylic acids is 2. The van der Waals surface area contributed by atoms with Crippen LogP contribution in [0.15, 0.2) is 59.5 Å². The molecule has 26 heavy (non-hydrogen) atoms. The molecule has 8 heteroatoms. The van der Waals surface area contributed by atoms with Crippen molar-refractivity contribution in [1.29, 1.82) is 0 Å². The Balaban J connectivity index is 1.72. The highest BCUT2D eigenvalue weighted by molar-refractivity contribution is 6.05. The minimum Gasteiger partial charge on any atom is -0.467 e. The molecule has 0 aliphatic rings. The molecule has 2 heterocycles. The van der Waals surface area contributed by atoms with E-state index in [1.807, 2.05) is 0 Å². The van der Waals surface area contributed by atoms with Crippen molar-refractivity contribution in [3.8, 4) is 0 Å². The van der Waals surface area contributed by atoms with E-state index < -0.39 is 29.1 Å². The molecule has 0 radical (unpaired) electrons. The second-order valence-corrected chi connectivity index (χ2v) is 5.28. The number of halogens is 2. The number of anilines is 1. The molecule has 2 amide bonds. The number of benzene rings is 1. The monoisotopic (exact) mass is 357 g/mol. The van der Waals surface area contributed by atoms with Crippen LogP contribution in [0.25, 0.3) is 0 Å². The maximum atomic E-state index is 13.6. The number of aromatic nitrogens is 1. The Bertz CT molecular complexity index is 922. The highest BCUT2D eigenvalue weighted by atomic mass is 19.1. The van der Waals surface area contributed by atoms with Crippen molar-refractivity contribution in [1.82, 2.24) is 10.3 Å². The molecule has 6 nitrogen and oxygen atoms in total. The first kappa shape index (κ1) is 17.3. The predicted octanol–water partition coefficient (Wildman–Crippen LogP) is 3.14. The van der Waals surface area contributed by atoms with E-state index in [2.05, 4.69) is 15.6 Å². The van der Waals surface area contributed by atoms with Crippen molar-refractivity contribution in [2.45, 2.75) is 6.54 Å². The van der Waals surface area contributed by atoms with Gasteiger partial charge in [-0.15, -0.1) is 0 Å². The third kappa shape index (κ3) is 3.92. The lowest BCUT2D eigenvalue weighted by atomic mass is 10.1. The van der Waals surface area contributed by atoms with Gasteiger partial charge in [0.05, 0.1) is 23.9 Å². The fourth-order valence-corrected chi connectivity index (χ4v) is 2.17. The van der Waals surface area contributed by atoms with Gasteiger partial charge in [0.15, 0.2) is 0 Å². The van der Waals surface area contributed by atoms with Gasteiger partial charge in [-0.3, -0.25) is 14.6 Å². The third-order valence-electron chi connectivity index (χ3n) is 3.47. The second-order valence-electron chi connectivity index (χ2n) is 5.28. The van der Waals surface area contributed by atoms with Crippen molar-refractivity contribution in [3.05, 3.63) is 83.6 Å². The van der Waals surface area contributed by atoms with Crippen LogP contribution in [0.3, 0.4) is 0 Å². The smallest absolute Gasteiger partial charge is 0.257 e. The molecule has 0 unspecified atom stereocenters. The number of hydrogen-bond acceptors (Lipinski definition) is 4. The summed E-state index contributed by atoms with van der Waals surface area (Å²) in [6.07, 6.45) is 3.95. The number of hydrogen-bond donors (Lipinski definition) is 2. The second kappa shape index (κ2) is 7.56. The lowest BCUT2D eigenvalue weighted by molar-refractivity contribution is 0.0947. The fraction of sp³-hybridized carbons (Fsp3) is 0.0556. The number of amides is 2. The summed E-state index contributed by atoms with van der Waals surface area (Å²) < 4.78 is 32.4. The first-order chi connectivity index (χ1) is 12.5. The molecule has 1 aromatic carbocycles. The number of furan rings is 1. The first-order valence-electron chi connectivity index (χ1n) is 7.55. The van der Waals surface area contributed by atoms with Gasteiger partial charge < -0.3 is 15.1 Å². The van der Waals surface area contributed by atoms with Crippen molar-refractivity contribution in [2.75, 3.05) is 5.32 Å². The van der Waals surface area contributed by atoms with Gasteiger partial charge in [-0.2, -0.15) is 0 Å². The van der Waals surface area contributed by atoms with Crippen LogP contribution in [0.1, 0.15) is 26.5 Å². The average molecular weight is 357 g/mol. The molecule has 0 saturated heterocycles. The summed E-state index contributed by atoms with van der Waals surface area (Å²) in [7, 11) is 0. The molecular formula is C18H13F2N3O3. The summed E-state index contributed by atoms with van der Waals surface area (Å²) in [6, 6.07) is 7.90. The molecule has 2 aromatic heterocycles. The number of pyridine rings is 1. The number of nitrogens with one attached hydrogen (secondary N) is 2. The zero-order valence-electron chi connectivity index (χ0n) is 13.3. The molecule has 0 atom stereocenters. The Morgan fingerprint density at radius 3 is 2.35 bits per heavy atom.